The Kier molecular flexibility index (Phi) is 3.54. The third-order valence-corrected chi connectivity index (χ3v) is 5.39. The molecule has 1 unspecified atom stereocenters. The Labute approximate surface area is 128 Å². The molecule has 4 heteroatoms. The van der Waals surface area contributed by atoms with Crippen LogP contribution in [0.15, 0.2) is 30.3 Å². The summed E-state index contributed by atoms with van der Waals surface area (Å²) in [5.41, 5.74) is 7.10. The van der Waals surface area contributed by atoms with E-state index >= 15 is 0 Å². The lowest BCUT2D eigenvalue weighted by Gasteiger charge is -2.29. The van der Waals surface area contributed by atoms with Crippen LogP contribution in [0.2, 0.25) is 0 Å². The van der Waals surface area contributed by atoms with E-state index in [4.69, 9.17) is 10.5 Å². The Balaban J connectivity index is 1.89. The van der Waals surface area contributed by atoms with Crippen LogP contribution in [0.4, 0.5) is 4.39 Å². The fourth-order valence-electron chi connectivity index (χ4n) is 2.58. The third-order valence-electron chi connectivity index (χ3n) is 3.79. The van der Waals surface area contributed by atoms with Gasteiger partial charge in [0, 0.05) is 27.8 Å². The van der Waals surface area contributed by atoms with Gasteiger partial charge in [-0.3, -0.25) is 0 Å². The molecule has 2 aromatic rings. The number of ether oxygens (including phenoxy) is 1. The molecule has 3 rings (SSSR count). The van der Waals surface area contributed by atoms with Gasteiger partial charge in [0.05, 0.1) is 0 Å². The number of nitrogens with two attached hydrogens (primary N) is 1. The van der Waals surface area contributed by atoms with Gasteiger partial charge in [-0.15, -0.1) is 11.3 Å². The lowest BCUT2D eigenvalue weighted by Crippen LogP contribution is -2.23. The maximum absolute atomic E-state index is 13.3. The zero-order valence-electron chi connectivity index (χ0n) is 12.5. The molecule has 1 aliphatic rings. The van der Waals surface area contributed by atoms with Crippen molar-refractivity contribution in [2.45, 2.75) is 44.8 Å². The maximum atomic E-state index is 13.3. The monoisotopic (exact) mass is 305 g/mol. The van der Waals surface area contributed by atoms with Crippen LogP contribution >= 0.6 is 11.3 Å². The molecule has 2 N–H and O–H groups in total. The van der Waals surface area contributed by atoms with Crippen molar-refractivity contribution in [2.75, 3.05) is 0 Å². The summed E-state index contributed by atoms with van der Waals surface area (Å²) in [5.74, 6) is 0.434. The molecule has 0 bridgehead atoms. The molecule has 1 aromatic carbocycles. The van der Waals surface area contributed by atoms with Crippen molar-refractivity contribution in [2.24, 2.45) is 5.73 Å². The standard InChI is InChI=1S/C17H20FNOS/c1-17(2,3)16-7-6-15(21-16)14-9-12(19)11-8-10(18)4-5-13(11)20-14/h4-8,12,14H,9,19H2,1-3H3/t12-,14?/m0/s1. The molecule has 21 heavy (non-hydrogen) atoms. The molecular formula is C17H20FNOS. The fourth-order valence-corrected chi connectivity index (χ4v) is 3.69. The van der Waals surface area contributed by atoms with E-state index in [9.17, 15) is 4.39 Å². The summed E-state index contributed by atoms with van der Waals surface area (Å²) < 4.78 is 19.3. The highest BCUT2D eigenvalue weighted by atomic mass is 32.1. The summed E-state index contributed by atoms with van der Waals surface area (Å²) in [6.45, 7) is 6.61. The molecule has 112 valence electrons. The Hall–Kier alpha value is -1.39. The second-order valence-corrected chi connectivity index (χ2v) is 7.70. The predicted molar refractivity (Wildman–Crippen MR) is 84.3 cm³/mol. The summed E-state index contributed by atoms with van der Waals surface area (Å²) in [4.78, 5) is 2.52. The molecule has 0 spiro atoms. The average Bonchev–Trinajstić information content (AvgIpc) is 2.89. The van der Waals surface area contributed by atoms with Gasteiger partial charge in [-0.25, -0.2) is 4.39 Å². The number of thiophene rings is 1. The topological polar surface area (TPSA) is 35.2 Å². The van der Waals surface area contributed by atoms with Crippen LogP contribution in [0, 0.1) is 5.82 Å². The molecule has 0 aliphatic carbocycles. The Morgan fingerprint density at radius 2 is 2.00 bits per heavy atom. The van der Waals surface area contributed by atoms with Gasteiger partial charge in [0.15, 0.2) is 0 Å². The van der Waals surface area contributed by atoms with E-state index in [0.717, 1.165) is 5.56 Å². The first-order valence-electron chi connectivity index (χ1n) is 7.16. The van der Waals surface area contributed by atoms with Crippen LogP contribution in [0.1, 0.15) is 54.7 Å². The van der Waals surface area contributed by atoms with Gasteiger partial charge in [0.1, 0.15) is 17.7 Å². The first-order valence-corrected chi connectivity index (χ1v) is 7.98. The molecular weight excluding hydrogens is 285 g/mol. The third kappa shape index (κ3) is 2.83. The van der Waals surface area contributed by atoms with Gasteiger partial charge >= 0.3 is 0 Å². The predicted octanol–water partition coefficient (Wildman–Crippen LogP) is 4.71. The van der Waals surface area contributed by atoms with Crippen molar-refractivity contribution >= 4 is 11.3 Å². The highest BCUT2D eigenvalue weighted by Gasteiger charge is 2.29. The minimum absolute atomic E-state index is 0.0425. The largest absolute Gasteiger partial charge is 0.484 e. The Morgan fingerprint density at radius 1 is 1.24 bits per heavy atom. The summed E-state index contributed by atoms with van der Waals surface area (Å²) in [5, 5.41) is 0. The first-order chi connectivity index (χ1) is 9.84. The van der Waals surface area contributed by atoms with E-state index in [-0.39, 0.29) is 23.4 Å². The number of hydrogen-bond acceptors (Lipinski definition) is 3. The number of benzene rings is 1. The number of halogens is 1. The number of rotatable bonds is 1. The van der Waals surface area contributed by atoms with E-state index in [1.165, 1.54) is 21.9 Å². The van der Waals surface area contributed by atoms with Crippen molar-refractivity contribution < 1.29 is 9.13 Å². The van der Waals surface area contributed by atoms with Gasteiger partial charge in [-0.2, -0.15) is 0 Å². The Morgan fingerprint density at radius 3 is 2.67 bits per heavy atom. The normalized spacial score (nSPS) is 21.8. The van der Waals surface area contributed by atoms with E-state index in [0.29, 0.717) is 12.2 Å². The number of hydrogen-bond donors (Lipinski definition) is 1. The smallest absolute Gasteiger partial charge is 0.135 e. The van der Waals surface area contributed by atoms with Gasteiger partial charge in [-0.05, 0) is 35.7 Å². The molecule has 2 nitrogen and oxygen atoms in total. The van der Waals surface area contributed by atoms with Gasteiger partial charge < -0.3 is 10.5 Å². The minimum atomic E-state index is -0.266. The fraction of sp³-hybridized carbons (Fsp3) is 0.412. The highest BCUT2D eigenvalue weighted by Crippen LogP contribution is 2.42. The van der Waals surface area contributed by atoms with E-state index in [1.807, 2.05) is 0 Å². The minimum Gasteiger partial charge on any atom is -0.484 e. The van der Waals surface area contributed by atoms with E-state index in [2.05, 4.69) is 32.9 Å². The summed E-state index contributed by atoms with van der Waals surface area (Å²) in [6.07, 6.45) is 0.639. The van der Waals surface area contributed by atoms with Crippen LogP contribution < -0.4 is 10.5 Å². The van der Waals surface area contributed by atoms with E-state index < -0.39 is 0 Å². The lowest BCUT2D eigenvalue weighted by molar-refractivity contribution is 0.164. The van der Waals surface area contributed by atoms with Gasteiger partial charge in [0.25, 0.3) is 0 Å². The molecule has 0 fully saturated rings. The quantitative estimate of drug-likeness (QED) is 0.828. The molecule has 0 saturated carbocycles. The zero-order valence-corrected chi connectivity index (χ0v) is 13.3. The van der Waals surface area contributed by atoms with Crippen molar-refractivity contribution in [1.82, 2.24) is 0 Å². The van der Waals surface area contributed by atoms with Crippen LogP contribution in [-0.4, -0.2) is 0 Å². The maximum Gasteiger partial charge on any atom is 0.135 e. The van der Waals surface area contributed by atoms with Crippen molar-refractivity contribution in [3.63, 3.8) is 0 Å². The zero-order chi connectivity index (χ0) is 15.2. The highest BCUT2D eigenvalue weighted by molar-refractivity contribution is 7.12. The SMILES string of the molecule is CC(C)(C)c1ccc(C2C[C@H](N)c3cc(F)ccc3O2)s1. The van der Waals surface area contributed by atoms with Crippen molar-refractivity contribution in [3.8, 4) is 5.75 Å². The van der Waals surface area contributed by atoms with Crippen LogP contribution in [0.3, 0.4) is 0 Å². The van der Waals surface area contributed by atoms with E-state index in [1.54, 1.807) is 17.4 Å². The van der Waals surface area contributed by atoms with Gasteiger partial charge in [0.2, 0.25) is 0 Å². The summed E-state index contributed by atoms with van der Waals surface area (Å²) in [6, 6.07) is 8.67. The van der Waals surface area contributed by atoms with Crippen molar-refractivity contribution in [1.29, 1.82) is 0 Å². The second kappa shape index (κ2) is 5.11. The summed E-state index contributed by atoms with van der Waals surface area (Å²) in [7, 11) is 0. The van der Waals surface area contributed by atoms with Crippen LogP contribution in [0.25, 0.3) is 0 Å². The molecule has 2 atom stereocenters. The lowest BCUT2D eigenvalue weighted by atomic mass is 9.94. The summed E-state index contributed by atoms with van der Waals surface area (Å²) >= 11 is 1.77. The molecule has 2 heterocycles. The Bertz CT molecular complexity index is 659. The molecule has 0 amide bonds. The molecule has 1 aromatic heterocycles. The average molecular weight is 305 g/mol. The van der Waals surface area contributed by atoms with Crippen LogP contribution in [0.5, 0.6) is 5.75 Å². The van der Waals surface area contributed by atoms with Crippen LogP contribution in [-0.2, 0) is 5.41 Å². The second-order valence-electron chi connectivity index (χ2n) is 6.58. The van der Waals surface area contributed by atoms with Gasteiger partial charge in [-0.1, -0.05) is 20.8 Å². The molecule has 1 aliphatic heterocycles. The number of fused-ring (bicyclic) bond motifs is 1. The first kappa shape index (κ1) is 14.5. The molecule has 0 radical (unpaired) electrons. The molecule has 0 saturated heterocycles. The van der Waals surface area contributed by atoms with Crippen molar-refractivity contribution in [3.05, 3.63) is 51.5 Å².